The van der Waals surface area contributed by atoms with Crippen LogP contribution >= 0.6 is 23.2 Å². The number of hydrogen-bond acceptors (Lipinski definition) is 5. The van der Waals surface area contributed by atoms with Gasteiger partial charge < -0.3 is 10.1 Å². The summed E-state index contributed by atoms with van der Waals surface area (Å²) in [7, 11) is -2.03. The van der Waals surface area contributed by atoms with Gasteiger partial charge in [-0.25, -0.2) is 13.1 Å². The fourth-order valence-electron chi connectivity index (χ4n) is 4.78. The van der Waals surface area contributed by atoms with Crippen molar-refractivity contribution < 1.29 is 17.9 Å². The summed E-state index contributed by atoms with van der Waals surface area (Å²) in [4.78, 5) is 13.7. The van der Waals surface area contributed by atoms with Crippen LogP contribution in [0.2, 0.25) is 10.0 Å². The number of methoxy groups -OCH3 is 1. The zero-order valence-corrected chi connectivity index (χ0v) is 25.0. The van der Waals surface area contributed by atoms with Crippen molar-refractivity contribution in [3.8, 4) is 11.4 Å². The second kappa shape index (κ2) is 11.7. The molecule has 1 aliphatic heterocycles. The standard InChI is InChI=1S/C30H28Cl2N4O4S/c1-19(21-7-5-4-6-8-21)33-30(37)28-25-18-35(41(3,38)39)17-22(15-20-9-12-24(40-2)13-10-20)29(25)36(34-28)27-14-11-23(31)16-26(27)32/h4-16,19H,17-18H2,1-3H3,(H,33,37)/t19-/m1/s1. The second-order valence-corrected chi connectivity index (χ2v) is 12.6. The molecule has 4 aromatic rings. The van der Waals surface area contributed by atoms with Gasteiger partial charge in [-0.3, -0.25) is 4.79 Å². The number of fused-ring (bicyclic) bond motifs is 1. The van der Waals surface area contributed by atoms with Gasteiger partial charge in [0.25, 0.3) is 5.91 Å². The largest absolute Gasteiger partial charge is 0.497 e. The third-order valence-electron chi connectivity index (χ3n) is 6.89. The van der Waals surface area contributed by atoms with Crippen molar-refractivity contribution in [2.75, 3.05) is 19.9 Å². The molecule has 1 atom stereocenters. The van der Waals surface area contributed by atoms with E-state index in [0.717, 1.165) is 17.4 Å². The van der Waals surface area contributed by atoms with Crippen LogP contribution in [0.25, 0.3) is 17.3 Å². The molecular weight excluding hydrogens is 583 g/mol. The van der Waals surface area contributed by atoms with Gasteiger partial charge in [0.15, 0.2) is 5.69 Å². The Labute approximate surface area is 249 Å². The minimum absolute atomic E-state index is 0.0260. The summed E-state index contributed by atoms with van der Waals surface area (Å²) >= 11 is 12.8. The van der Waals surface area contributed by atoms with Gasteiger partial charge in [-0.2, -0.15) is 9.40 Å². The number of carbonyl (C=O) groups is 1. The van der Waals surface area contributed by atoms with Crippen LogP contribution < -0.4 is 10.1 Å². The number of nitrogens with zero attached hydrogens (tertiary/aromatic N) is 3. The maximum atomic E-state index is 13.7. The van der Waals surface area contributed by atoms with Crippen molar-refractivity contribution in [1.82, 2.24) is 19.4 Å². The van der Waals surface area contributed by atoms with Gasteiger partial charge in [0.05, 0.1) is 35.8 Å². The highest BCUT2D eigenvalue weighted by Gasteiger charge is 2.35. The maximum Gasteiger partial charge on any atom is 0.272 e. The van der Waals surface area contributed by atoms with Crippen LogP contribution in [0.4, 0.5) is 0 Å². The van der Waals surface area contributed by atoms with Crippen LogP contribution in [0.3, 0.4) is 0 Å². The molecule has 0 saturated carbocycles. The van der Waals surface area contributed by atoms with Crippen molar-refractivity contribution in [2.24, 2.45) is 0 Å². The summed E-state index contributed by atoms with van der Waals surface area (Å²) < 4.78 is 33.8. The fourth-order valence-corrected chi connectivity index (χ4v) is 6.00. The highest BCUT2D eigenvalue weighted by Crippen LogP contribution is 2.37. The van der Waals surface area contributed by atoms with Gasteiger partial charge in [-0.15, -0.1) is 0 Å². The smallest absolute Gasteiger partial charge is 0.272 e. The molecule has 0 spiro atoms. The number of rotatable bonds is 7. The first-order valence-corrected chi connectivity index (χ1v) is 15.4. The predicted molar refractivity (Wildman–Crippen MR) is 162 cm³/mol. The maximum absolute atomic E-state index is 13.7. The molecule has 1 N–H and O–H groups in total. The summed E-state index contributed by atoms with van der Waals surface area (Å²) in [6.07, 6.45) is 3.03. The number of sulfonamides is 1. The van der Waals surface area contributed by atoms with Crippen molar-refractivity contribution >= 4 is 50.8 Å². The Morgan fingerprint density at radius 1 is 1.05 bits per heavy atom. The Morgan fingerprint density at radius 2 is 1.76 bits per heavy atom. The molecule has 11 heteroatoms. The van der Waals surface area contributed by atoms with Crippen LogP contribution in [0, 0.1) is 0 Å². The molecule has 212 valence electrons. The molecule has 5 rings (SSSR count). The number of amides is 1. The minimum atomic E-state index is -3.62. The molecule has 8 nitrogen and oxygen atoms in total. The summed E-state index contributed by atoms with van der Waals surface area (Å²) in [5.41, 5.74) is 4.09. The van der Waals surface area contributed by atoms with E-state index in [-0.39, 0.29) is 24.8 Å². The van der Waals surface area contributed by atoms with Crippen molar-refractivity contribution in [3.05, 3.63) is 111 Å². The van der Waals surface area contributed by atoms with Crippen LogP contribution in [0.5, 0.6) is 5.75 Å². The van der Waals surface area contributed by atoms with Gasteiger partial charge in [-0.05, 0) is 60.0 Å². The quantitative estimate of drug-likeness (QED) is 0.277. The Kier molecular flexibility index (Phi) is 8.24. The Bertz CT molecular complexity index is 1740. The lowest BCUT2D eigenvalue weighted by molar-refractivity contribution is 0.0933. The number of hydrogen-bond donors (Lipinski definition) is 1. The molecule has 0 unspecified atom stereocenters. The zero-order valence-electron chi connectivity index (χ0n) is 22.6. The van der Waals surface area contributed by atoms with E-state index in [0.29, 0.717) is 38.3 Å². The molecule has 0 saturated heterocycles. The zero-order chi connectivity index (χ0) is 29.3. The molecule has 1 amide bonds. The van der Waals surface area contributed by atoms with Crippen molar-refractivity contribution in [2.45, 2.75) is 19.5 Å². The molecule has 1 aromatic heterocycles. The molecule has 0 bridgehead atoms. The van der Waals surface area contributed by atoms with Crippen LogP contribution in [-0.4, -0.2) is 48.3 Å². The monoisotopic (exact) mass is 610 g/mol. The number of ether oxygens (including phenoxy) is 1. The normalized spacial score (nSPS) is 15.4. The van der Waals surface area contributed by atoms with Gasteiger partial charge in [0.2, 0.25) is 10.0 Å². The number of carbonyl (C=O) groups excluding carboxylic acids is 1. The third-order valence-corrected chi connectivity index (χ3v) is 8.63. The molecule has 0 aliphatic carbocycles. The molecule has 0 fully saturated rings. The number of halogens is 2. The lowest BCUT2D eigenvalue weighted by atomic mass is 9.98. The molecular formula is C30H28Cl2N4O4S. The third kappa shape index (κ3) is 6.18. The molecule has 0 radical (unpaired) electrons. The van der Waals surface area contributed by atoms with E-state index in [9.17, 15) is 13.2 Å². The van der Waals surface area contributed by atoms with Crippen LogP contribution in [0.1, 0.15) is 45.8 Å². The van der Waals surface area contributed by atoms with E-state index in [1.54, 1.807) is 30.0 Å². The second-order valence-electron chi connectivity index (χ2n) is 9.76. The van der Waals surface area contributed by atoms with Gasteiger partial charge in [-0.1, -0.05) is 65.7 Å². The minimum Gasteiger partial charge on any atom is -0.497 e. The number of nitrogens with one attached hydrogen (secondary N) is 1. The van der Waals surface area contributed by atoms with Crippen molar-refractivity contribution in [1.29, 1.82) is 0 Å². The lowest BCUT2D eigenvalue weighted by Gasteiger charge is -2.28. The first-order valence-electron chi connectivity index (χ1n) is 12.8. The van der Waals surface area contributed by atoms with Gasteiger partial charge >= 0.3 is 0 Å². The summed E-state index contributed by atoms with van der Waals surface area (Å²) in [5, 5.41) is 8.53. The predicted octanol–water partition coefficient (Wildman–Crippen LogP) is 5.99. The highest BCUT2D eigenvalue weighted by atomic mass is 35.5. The molecule has 41 heavy (non-hydrogen) atoms. The van der Waals surface area contributed by atoms with E-state index < -0.39 is 15.9 Å². The molecule has 3 aromatic carbocycles. The molecule has 2 heterocycles. The van der Waals surface area contributed by atoms with Crippen LogP contribution in [0.15, 0.2) is 72.8 Å². The lowest BCUT2D eigenvalue weighted by Crippen LogP contribution is -2.36. The van der Waals surface area contributed by atoms with Crippen molar-refractivity contribution in [3.63, 3.8) is 0 Å². The average Bonchev–Trinajstić information content (AvgIpc) is 3.33. The molecule has 1 aliphatic rings. The van der Waals surface area contributed by atoms with Crippen LogP contribution in [-0.2, 0) is 16.6 Å². The number of benzene rings is 3. The van der Waals surface area contributed by atoms with E-state index in [2.05, 4.69) is 5.32 Å². The Hall–Kier alpha value is -3.63. The number of aromatic nitrogens is 2. The van der Waals surface area contributed by atoms with E-state index in [1.807, 2.05) is 67.6 Å². The van der Waals surface area contributed by atoms with E-state index >= 15 is 0 Å². The summed E-state index contributed by atoms with van der Waals surface area (Å²) in [6.45, 7) is 1.93. The Morgan fingerprint density at radius 3 is 2.39 bits per heavy atom. The first-order chi connectivity index (χ1) is 19.5. The van der Waals surface area contributed by atoms with E-state index in [1.165, 1.54) is 4.31 Å². The van der Waals surface area contributed by atoms with E-state index in [4.69, 9.17) is 33.0 Å². The average molecular weight is 612 g/mol. The Balaban J connectivity index is 1.69. The van der Waals surface area contributed by atoms with Gasteiger partial charge in [0.1, 0.15) is 5.75 Å². The highest BCUT2D eigenvalue weighted by molar-refractivity contribution is 7.88. The topological polar surface area (TPSA) is 93.5 Å². The fraction of sp³-hybridized carbons (Fsp3) is 0.200. The van der Waals surface area contributed by atoms with Gasteiger partial charge in [0, 0.05) is 23.7 Å². The summed E-state index contributed by atoms with van der Waals surface area (Å²) in [5.74, 6) is 0.263. The summed E-state index contributed by atoms with van der Waals surface area (Å²) in [6, 6.07) is 21.6. The SMILES string of the molecule is COc1ccc(C=C2CN(S(C)(=O)=O)Cc3c(C(=O)N[C@H](C)c4ccccc4)nn(-c4ccc(Cl)cc4Cl)c32)cc1. The first kappa shape index (κ1) is 28.9.